The fraction of sp³-hybridized carbons (Fsp3) is 0.421. The van der Waals surface area contributed by atoms with Crippen LogP contribution in [0.25, 0.3) is 32.9 Å². The number of fused-ring (bicyclic) bond motifs is 6. The van der Waals surface area contributed by atoms with Crippen molar-refractivity contribution in [1.82, 2.24) is 40.3 Å². The summed E-state index contributed by atoms with van der Waals surface area (Å²) in [6.07, 6.45) is 11.0. The van der Waals surface area contributed by atoms with Crippen LogP contribution in [0.2, 0.25) is 0 Å². The fourth-order valence-electron chi connectivity index (χ4n) is 12.0. The molecule has 3 N–H and O–H groups in total. The largest absolute Gasteiger partial charge is 0.461 e. The number of rotatable bonds is 18. The van der Waals surface area contributed by atoms with Gasteiger partial charge in [0, 0.05) is 80.6 Å². The summed E-state index contributed by atoms with van der Waals surface area (Å²) in [5.41, 5.74) is 1.31. The second-order valence-electron chi connectivity index (χ2n) is 21.0. The van der Waals surface area contributed by atoms with Gasteiger partial charge in [-0.05, 0) is 68.2 Å². The number of hydrogen-bond donors (Lipinski definition) is 3. The Morgan fingerprint density at radius 3 is 2.52 bits per heavy atom. The summed E-state index contributed by atoms with van der Waals surface area (Å²) < 4.78 is 55.9. The summed E-state index contributed by atoms with van der Waals surface area (Å²) in [4.78, 5) is 96.9. The zero-order valence-corrected chi connectivity index (χ0v) is 43.5. The molecule has 5 aromatic rings. The molecular weight excluding hydrogens is 1020 g/mol. The molecule has 2 aromatic heterocycles. The zero-order valence-electron chi connectivity index (χ0n) is 43.5. The number of aromatic nitrogens is 3. The standard InChI is InChI=1S/C57H58F2N10O10/c1-4-38-43(58)13-8-33-6-5-7-40(47(33)38)49-48(59)50-42(26-60-49)51(67-28-35-9-10-36(29-67)61-35)65-55(64-50)79-31-57-18-16-37(68(57)27-32(2)25-57)30-78-56(75)66(3)19-21-77-23-22-76-20-17-46(71)62-34-11-12-39-41(24-34)54(74)69(53(39)73)44-14-15-45(70)63-52(44)72/h1,5-8,11-13,24,26,35-37,44,61H,2,9-10,14-23,25,27-31H2,3H3,(H,62,71)(H,63,70,72)/t35?,36?,37-,44?,57-/m0/s1. The molecule has 22 heteroatoms. The summed E-state index contributed by atoms with van der Waals surface area (Å²) in [6.45, 7) is 7.46. The Morgan fingerprint density at radius 1 is 0.949 bits per heavy atom. The highest BCUT2D eigenvalue weighted by molar-refractivity contribution is 6.24. The van der Waals surface area contributed by atoms with E-state index in [0.29, 0.717) is 59.3 Å². The molecule has 0 saturated carbocycles. The predicted molar refractivity (Wildman–Crippen MR) is 284 cm³/mol. The average molecular weight is 1080 g/mol. The normalized spacial score (nSPS) is 22.6. The van der Waals surface area contributed by atoms with E-state index in [4.69, 9.17) is 35.3 Å². The molecule has 3 unspecified atom stereocenters. The van der Waals surface area contributed by atoms with Crippen LogP contribution in [0.15, 0.2) is 66.9 Å². The van der Waals surface area contributed by atoms with Crippen molar-refractivity contribution in [3.63, 3.8) is 0 Å². The molecule has 6 amide bonds. The Balaban J connectivity index is 0.653. The third kappa shape index (κ3) is 10.5. The van der Waals surface area contributed by atoms with Crippen LogP contribution in [0.5, 0.6) is 6.01 Å². The van der Waals surface area contributed by atoms with Gasteiger partial charge in [-0.3, -0.25) is 44.1 Å². The van der Waals surface area contributed by atoms with Crippen LogP contribution >= 0.6 is 0 Å². The number of piperidine rings is 1. The van der Waals surface area contributed by atoms with Crippen molar-refractivity contribution in [2.75, 3.05) is 83.1 Å². The Kier molecular flexibility index (Phi) is 14.8. The lowest BCUT2D eigenvalue weighted by atomic mass is 9.94. The number of ether oxygens (including phenoxy) is 4. The van der Waals surface area contributed by atoms with E-state index in [1.54, 1.807) is 37.5 Å². The highest BCUT2D eigenvalue weighted by Crippen LogP contribution is 2.45. The van der Waals surface area contributed by atoms with Crippen LogP contribution in [0.4, 0.5) is 25.1 Å². The maximum Gasteiger partial charge on any atom is 0.409 e. The minimum Gasteiger partial charge on any atom is -0.461 e. The second kappa shape index (κ2) is 22.0. The molecule has 410 valence electrons. The number of halogens is 2. The Hall–Kier alpha value is -7.97. The number of anilines is 2. The number of benzene rings is 3. The van der Waals surface area contributed by atoms with Crippen molar-refractivity contribution >= 4 is 68.8 Å². The molecule has 6 aliphatic rings. The summed E-state index contributed by atoms with van der Waals surface area (Å²) >= 11 is 0. The molecule has 6 aliphatic heterocycles. The first kappa shape index (κ1) is 53.1. The summed E-state index contributed by atoms with van der Waals surface area (Å²) in [6, 6.07) is 11.7. The highest BCUT2D eigenvalue weighted by Gasteiger charge is 2.52. The molecule has 3 aromatic carbocycles. The van der Waals surface area contributed by atoms with E-state index in [2.05, 4.69) is 43.2 Å². The first-order chi connectivity index (χ1) is 38.2. The van der Waals surface area contributed by atoms with Crippen molar-refractivity contribution in [3.8, 4) is 29.6 Å². The number of likely N-dealkylation sites (N-methyl/N-ethyl adjacent to an activating group) is 1. The van der Waals surface area contributed by atoms with Crippen molar-refractivity contribution < 1.29 is 56.5 Å². The monoisotopic (exact) mass is 1080 g/mol. The maximum atomic E-state index is 17.2. The number of hydrogen-bond acceptors (Lipinski definition) is 16. The predicted octanol–water partition coefficient (Wildman–Crippen LogP) is 5.12. The lowest BCUT2D eigenvalue weighted by Crippen LogP contribution is -2.54. The lowest BCUT2D eigenvalue weighted by Gasteiger charge is -2.35. The molecule has 20 nitrogen and oxygen atoms in total. The molecule has 79 heavy (non-hydrogen) atoms. The van der Waals surface area contributed by atoms with E-state index >= 15 is 8.78 Å². The Bertz CT molecular complexity index is 3380. The number of carbonyl (C=O) groups excluding carboxylic acids is 6. The number of terminal acetylenes is 1. The molecule has 5 atom stereocenters. The number of piperazine rings is 1. The third-order valence-corrected chi connectivity index (χ3v) is 15.8. The first-order valence-electron chi connectivity index (χ1n) is 26.5. The molecule has 0 spiro atoms. The number of nitrogens with zero attached hydrogens (tertiary/aromatic N) is 7. The number of carbonyl (C=O) groups is 6. The van der Waals surface area contributed by atoms with Crippen LogP contribution < -0.4 is 25.6 Å². The number of nitrogens with one attached hydrogen (secondary N) is 3. The smallest absolute Gasteiger partial charge is 0.409 e. The van der Waals surface area contributed by atoms with Gasteiger partial charge in [0.05, 0.1) is 60.5 Å². The van der Waals surface area contributed by atoms with Gasteiger partial charge < -0.3 is 39.4 Å². The summed E-state index contributed by atoms with van der Waals surface area (Å²) in [5.74, 6) is -1.21. The van der Waals surface area contributed by atoms with Crippen LogP contribution in [0.1, 0.15) is 77.6 Å². The van der Waals surface area contributed by atoms with Crippen LogP contribution in [-0.4, -0.2) is 168 Å². The number of pyridine rings is 1. The van der Waals surface area contributed by atoms with Gasteiger partial charge in [0.1, 0.15) is 42.1 Å². The number of amides is 6. The van der Waals surface area contributed by atoms with E-state index in [0.717, 1.165) is 36.2 Å². The Morgan fingerprint density at radius 2 is 1.73 bits per heavy atom. The lowest BCUT2D eigenvalue weighted by molar-refractivity contribution is -0.136. The summed E-state index contributed by atoms with van der Waals surface area (Å²) in [5, 5.41) is 9.94. The van der Waals surface area contributed by atoms with Gasteiger partial charge in [-0.25, -0.2) is 13.6 Å². The Labute approximate surface area is 453 Å². The van der Waals surface area contributed by atoms with E-state index in [9.17, 15) is 28.8 Å². The van der Waals surface area contributed by atoms with Gasteiger partial charge in [0.25, 0.3) is 11.8 Å². The number of imide groups is 2. The maximum absolute atomic E-state index is 17.2. The molecule has 0 radical (unpaired) electrons. The van der Waals surface area contributed by atoms with E-state index in [1.165, 1.54) is 29.2 Å². The first-order valence-corrected chi connectivity index (χ1v) is 26.5. The molecule has 8 heterocycles. The SMILES string of the molecule is C#Cc1c(F)ccc2cccc(-c3ncc4c(N5CC6CCC(C5)N6)nc(OC[C@@]56CC[C@@H](COC(=O)N(C)CCOCCOCCC(=O)Nc7ccc8c(c7)C(=O)N(C7CCC(=O)NC7=O)C8=O)N5CC(=C)C6)nc4c3F)c12. The van der Waals surface area contributed by atoms with Gasteiger partial charge in [0.2, 0.25) is 17.7 Å². The molecule has 2 bridgehead atoms. The molecule has 5 fully saturated rings. The fourth-order valence-corrected chi connectivity index (χ4v) is 12.0. The summed E-state index contributed by atoms with van der Waals surface area (Å²) in [7, 11) is 1.62. The van der Waals surface area contributed by atoms with Crippen LogP contribution in [-0.2, 0) is 28.6 Å². The minimum absolute atomic E-state index is 0.00564. The van der Waals surface area contributed by atoms with Crippen LogP contribution in [0, 0.1) is 24.0 Å². The van der Waals surface area contributed by atoms with Crippen molar-refractivity contribution in [3.05, 3.63) is 95.2 Å². The quantitative estimate of drug-likeness (QED) is 0.0448. The van der Waals surface area contributed by atoms with Gasteiger partial charge in [0.15, 0.2) is 5.82 Å². The molecule has 11 rings (SSSR count). The second-order valence-corrected chi connectivity index (χ2v) is 21.0. The van der Waals surface area contributed by atoms with Crippen molar-refractivity contribution in [2.24, 2.45) is 0 Å². The molecule has 0 aliphatic carbocycles. The average Bonchev–Trinajstić information content (AvgIpc) is 4.39. The van der Waals surface area contributed by atoms with Gasteiger partial charge in [-0.1, -0.05) is 42.3 Å². The van der Waals surface area contributed by atoms with Crippen LogP contribution in [0.3, 0.4) is 0 Å². The van der Waals surface area contributed by atoms with E-state index < -0.39 is 58.8 Å². The van der Waals surface area contributed by atoms with E-state index in [-0.39, 0.29) is 117 Å². The van der Waals surface area contributed by atoms with Crippen molar-refractivity contribution in [2.45, 2.75) is 81.1 Å². The van der Waals surface area contributed by atoms with Crippen molar-refractivity contribution in [1.29, 1.82) is 0 Å². The van der Waals surface area contributed by atoms with Gasteiger partial charge in [-0.15, -0.1) is 6.42 Å². The molecular formula is C57H58F2N10O10. The van der Waals surface area contributed by atoms with E-state index in [1.807, 2.05) is 0 Å². The third-order valence-electron chi connectivity index (χ3n) is 15.8. The van der Waals surface area contributed by atoms with Gasteiger partial charge in [-0.2, -0.15) is 9.97 Å². The topological polar surface area (TPSA) is 227 Å². The highest BCUT2D eigenvalue weighted by atomic mass is 19.1. The van der Waals surface area contributed by atoms with Gasteiger partial charge >= 0.3 is 12.1 Å². The molecule has 5 saturated heterocycles. The zero-order chi connectivity index (χ0) is 55.1. The minimum atomic E-state index is -1.09.